The van der Waals surface area contributed by atoms with Gasteiger partial charge in [-0.25, -0.2) is 0 Å². The van der Waals surface area contributed by atoms with Gasteiger partial charge in [0.05, 0.1) is 23.1 Å². The standard InChI is InChI=1S/C22H22N2O5/c1-22(2,21(28)29)10-11-23-18(25)15-7-5-6-14(12-15)13-24-19(26)16-8-3-4-9-17(16)20(24)27/h3-9,12H,10-11,13H2,1-2H3,(H,23,25)(H,28,29). The fourth-order valence-corrected chi connectivity index (χ4v) is 3.07. The number of imide groups is 1. The number of carboxylic acids is 1. The summed E-state index contributed by atoms with van der Waals surface area (Å²) in [7, 11) is 0. The molecule has 1 heterocycles. The van der Waals surface area contributed by atoms with Gasteiger partial charge in [-0.1, -0.05) is 24.3 Å². The minimum absolute atomic E-state index is 0.0690. The number of hydrogen-bond donors (Lipinski definition) is 2. The molecule has 3 amide bonds. The van der Waals surface area contributed by atoms with Crippen molar-refractivity contribution < 1.29 is 24.3 Å². The normalized spacial score (nSPS) is 13.4. The van der Waals surface area contributed by atoms with Crippen LogP contribution in [0.1, 0.15) is 56.9 Å². The van der Waals surface area contributed by atoms with E-state index in [2.05, 4.69) is 5.32 Å². The lowest BCUT2D eigenvalue weighted by molar-refractivity contribution is -0.147. The molecule has 0 saturated carbocycles. The summed E-state index contributed by atoms with van der Waals surface area (Å²) in [5.41, 5.74) is 0.866. The monoisotopic (exact) mass is 394 g/mol. The van der Waals surface area contributed by atoms with Gasteiger partial charge in [0.15, 0.2) is 0 Å². The molecule has 1 aliphatic heterocycles. The summed E-state index contributed by atoms with van der Waals surface area (Å²) in [6, 6.07) is 13.4. The van der Waals surface area contributed by atoms with E-state index in [-0.39, 0.29) is 30.8 Å². The number of rotatable bonds is 7. The van der Waals surface area contributed by atoms with E-state index in [4.69, 9.17) is 5.11 Å². The molecule has 2 aromatic rings. The number of amides is 3. The molecule has 7 heteroatoms. The molecular formula is C22H22N2O5. The van der Waals surface area contributed by atoms with Crippen LogP contribution in [0.4, 0.5) is 0 Å². The zero-order chi connectivity index (χ0) is 21.2. The predicted molar refractivity (Wildman–Crippen MR) is 105 cm³/mol. The zero-order valence-corrected chi connectivity index (χ0v) is 16.3. The summed E-state index contributed by atoms with van der Waals surface area (Å²) in [5.74, 6) is -1.96. The molecule has 0 atom stereocenters. The van der Waals surface area contributed by atoms with Crippen LogP contribution in [-0.2, 0) is 11.3 Å². The van der Waals surface area contributed by atoms with Crippen molar-refractivity contribution in [2.45, 2.75) is 26.8 Å². The van der Waals surface area contributed by atoms with Crippen LogP contribution in [0, 0.1) is 5.41 Å². The summed E-state index contributed by atoms with van der Waals surface area (Å²) in [6.45, 7) is 3.49. The summed E-state index contributed by atoms with van der Waals surface area (Å²) in [4.78, 5) is 49.7. The van der Waals surface area contributed by atoms with Crippen LogP contribution in [0.25, 0.3) is 0 Å². The lowest BCUT2D eigenvalue weighted by atomic mass is 9.90. The van der Waals surface area contributed by atoms with Gasteiger partial charge in [-0.3, -0.25) is 24.1 Å². The van der Waals surface area contributed by atoms with Gasteiger partial charge in [-0.15, -0.1) is 0 Å². The molecule has 0 radical (unpaired) electrons. The van der Waals surface area contributed by atoms with Crippen molar-refractivity contribution in [3.05, 3.63) is 70.8 Å². The molecule has 7 nitrogen and oxygen atoms in total. The van der Waals surface area contributed by atoms with Gasteiger partial charge < -0.3 is 10.4 Å². The Bertz CT molecular complexity index is 961. The Balaban J connectivity index is 1.66. The molecule has 2 N–H and O–H groups in total. The van der Waals surface area contributed by atoms with Gasteiger partial charge >= 0.3 is 5.97 Å². The molecule has 29 heavy (non-hydrogen) atoms. The Kier molecular flexibility index (Phi) is 5.50. The second-order valence-corrected chi connectivity index (χ2v) is 7.64. The number of aliphatic carboxylic acids is 1. The molecule has 0 fully saturated rings. The molecule has 3 rings (SSSR count). The van der Waals surface area contributed by atoms with Crippen LogP contribution in [0.2, 0.25) is 0 Å². The number of hydrogen-bond acceptors (Lipinski definition) is 4. The molecular weight excluding hydrogens is 372 g/mol. The number of nitrogens with one attached hydrogen (secondary N) is 1. The fraction of sp³-hybridized carbons (Fsp3) is 0.273. The van der Waals surface area contributed by atoms with E-state index in [0.29, 0.717) is 28.7 Å². The number of carboxylic acid groups (broad SMARTS) is 1. The van der Waals surface area contributed by atoms with Crippen molar-refractivity contribution in [3.8, 4) is 0 Å². The quantitative estimate of drug-likeness (QED) is 0.703. The highest BCUT2D eigenvalue weighted by Crippen LogP contribution is 2.24. The fourth-order valence-electron chi connectivity index (χ4n) is 3.07. The SMILES string of the molecule is CC(C)(CCNC(=O)c1cccc(CN2C(=O)c3ccccc3C2=O)c1)C(=O)O. The first-order valence-electron chi connectivity index (χ1n) is 9.26. The molecule has 0 aromatic heterocycles. The number of fused-ring (bicyclic) bond motifs is 1. The van der Waals surface area contributed by atoms with E-state index in [0.717, 1.165) is 4.90 Å². The van der Waals surface area contributed by atoms with E-state index in [9.17, 15) is 19.2 Å². The van der Waals surface area contributed by atoms with E-state index in [1.807, 2.05) is 0 Å². The Labute approximate surface area is 168 Å². The first-order chi connectivity index (χ1) is 13.7. The van der Waals surface area contributed by atoms with E-state index >= 15 is 0 Å². The van der Waals surface area contributed by atoms with E-state index in [1.54, 1.807) is 62.4 Å². The van der Waals surface area contributed by atoms with E-state index in [1.165, 1.54) is 0 Å². The maximum atomic E-state index is 12.5. The molecule has 0 saturated heterocycles. The maximum absolute atomic E-state index is 12.5. The Morgan fingerprint density at radius 3 is 2.21 bits per heavy atom. The minimum Gasteiger partial charge on any atom is -0.481 e. The second kappa shape index (κ2) is 7.87. The minimum atomic E-state index is -0.930. The van der Waals surface area contributed by atoms with Crippen molar-refractivity contribution in [1.29, 1.82) is 0 Å². The van der Waals surface area contributed by atoms with Gasteiger partial charge in [0.2, 0.25) is 0 Å². The third-order valence-electron chi connectivity index (χ3n) is 5.02. The van der Waals surface area contributed by atoms with Gasteiger partial charge in [0.1, 0.15) is 0 Å². The third kappa shape index (κ3) is 4.18. The van der Waals surface area contributed by atoms with Crippen LogP contribution in [0.3, 0.4) is 0 Å². The topological polar surface area (TPSA) is 104 Å². The Morgan fingerprint density at radius 1 is 1.00 bits per heavy atom. The van der Waals surface area contributed by atoms with Gasteiger partial charge in [-0.05, 0) is 50.1 Å². The highest BCUT2D eigenvalue weighted by molar-refractivity contribution is 6.21. The van der Waals surface area contributed by atoms with Crippen molar-refractivity contribution in [2.75, 3.05) is 6.54 Å². The smallest absolute Gasteiger partial charge is 0.309 e. The summed E-state index contributed by atoms with van der Waals surface area (Å²) < 4.78 is 0. The molecule has 0 bridgehead atoms. The van der Waals surface area contributed by atoms with Crippen LogP contribution in [0.5, 0.6) is 0 Å². The predicted octanol–water partition coefficient (Wildman–Crippen LogP) is 2.71. The molecule has 1 aliphatic rings. The molecule has 0 spiro atoms. The maximum Gasteiger partial charge on any atom is 0.309 e. The first kappa shape index (κ1) is 20.3. The van der Waals surface area contributed by atoms with Gasteiger partial charge in [0, 0.05) is 12.1 Å². The lowest BCUT2D eigenvalue weighted by Gasteiger charge is -2.19. The van der Waals surface area contributed by atoms with Crippen molar-refractivity contribution >= 4 is 23.7 Å². The third-order valence-corrected chi connectivity index (χ3v) is 5.02. The first-order valence-corrected chi connectivity index (χ1v) is 9.26. The van der Waals surface area contributed by atoms with Crippen LogP contribution in [0.15, 0.2) is 48.5 Å². The van der Waals surface area contributed by atoms with E-state index < -0.39 is 11.4 Å². The van der Waals surface area contributed by atoms with Crippen molar-refractivity contribution in [2.24, 2.45) is 5.41 Å². The van der Waals surface area contributed by atoms with Crippen molar-refractivity contribution in [1.82, 2.24) is 10.2 Å². The number of benzene rings is 2. The lowest BCUT2D eigenvalue weighted by Crippen LogP contribution is -2.32. The Hall–Kier alpha value is -3.48. The largest absolute Gasteiger partial charge is 0.481 e. The van der Waals surface area contributed by atoms with Crippen LogP contribution in [-0.4, -0.2) is 40.2 Å². The summed E-state index contributed by atoms with van der Waals surface area (Å²) in [5, 5.41) is 11.8. The van der Waals surface area contributed by atoms with Gasteiger partial charge in [0.25, 0.3) is 17.7 Å². The zero-order valence-electron chi connectivity index (χ0n) is 16.3. The highest BCUT2D eigenvalue weighted by atomic mass is 16.4. The number of nitrogens with zero attached hydrogens (tertiary/aromatic N) is 1. The average Bonchev–Trinajstić information content (AvgIpc) is 2.93. The summed E-state index contributed by atoms with van der Waals surface area (Å²) >= 11 is 0. The number of carbonyl (C=O) groups is 4. The summed E-state index contributed by atoms with van der Waals surface area (Å²) in [6.07, 6.45) is 0.294. The van der Waals surface area contributed by atoms with Crippen molar-refractivity contribution in [3.63, 3.8) is 0 Å². The van der Waals surface area contributed by atoms with Gasteiger partial charge in [-0.2, -0.15) is 0 Å². The molecule has 2 aromatic carbocycles. The molecule has 150 valence electrons. The Morgan fingerprint density at radius 2 is 1.62 bits per heavy atom. The average molecular weight is 394 g/mol. The van der Waals surface area contributed by atoms with Crippen LogP contribution < -0.4 is 5.32 Å². The number of carbonyl (C=O) groups excluding carboxylic acids is 3. The molecule has 0 aliphatic carbocycles. The highest BCUT2D eigenvalue weighted by Gasteiger charge is 2.35. The van der Waals surface area contributed by atoms with Crippen LogP contribution >= 0.6 is 0 Å². The second-order valence-electron chi connectivity index (χ2n) is 7.64. The molecule has 0 unspecified atom stereocenters.